The summed E-state index contributed by atoms with van der Waals surface area (Å²) in [5, 5.41) is 4.93. The Kier molecular flexibility index (Phi) is 6.74. The number of thiophene rings is 1. The second kappa shape index (κ2) is 9.08. The molecule has 1 heterocycles. The fraction of sp³-hybridized carbons (Fsp3) is 0.368. The number of aryl methyl sites for hydroxylation is 1. The van der Waals surface area contributed by atoms with Gasteiger partial charge in [0, 0.05) is 10.9 Å². The van der Waals surface area contributed by atoms with Crippen molar-refractivity contribution in [3.63, 3.8) is 0 Å². The Morgan fingerprint density at radius 2 is 1.76 bits per heavy atom. The number of rotatable bonds is 4. The maximum absolute atomic E-state index is 13.9. The summed E-state index contributed by atoms with van der Waals surface area (Å²) in [6.07, 6.45) is 4.47. The molecule has 0 bridgehead atoms. The van der Waals surface area contributed by atoms with Crippen LogP contribution in [-0.4, -0.2) is 17.7 Å². The molecule has 4 nitrogen and oxygen atoms in total. The minimum absolute atomic E-state index is 0.113. The van der Waals surface area contributed by atoms with Crippen LogP contribution in [0.25, 0.3) is 0 Å². The summed E-state index contributed by atoms with van der Waals surface area (Å²) < 4.78 is 59.7. The van der Waals surface area contributed by atoms with Crippen LogP contribution in [0.15, 0.2) is 6.07 Å². The van der Waals surface area contributed by atoms with Gasteiger partial charge in [0.1, 0.15) is 10.7 Å². The Bertz CT molecular complexity index is 936. The number of fused-ring (bicyclic) bond motifs is 1. The van der Waals surface area contributed by atoms with Crippen molar-refractivity contribution in [3.8, 4) is 0 Å². The number of esters is 1. The van der Waals surface area contributed by atoms with Crippen LogP contribution in [-0.2, 0) is 17.6 Å². The first-order valence-corrected chi connectivity index (χ1v) is 10.3. The van der Waals surface area contributed by atoms with Crippen molar-refractivity contribution in [3.05, 3.63) is 45.3 Å². The molecule has 29 heavy (non-hydrogen) atoms. The van der Waals surface area contributed by atoms with E-state index in [9.17, 15) is 22.4 Å². The number of hydrogen-bond donors (Lipinski definition) is 2. The molecule has 0 fully saturated rings. The van der Waals surface area contributed by atoms with Crippen LogP contribution in [0.4, 0.5) is 28.3 Å². The summed E-state index contributed by atoms with van der Waals surface area (Å²) in [4.78, 5) is 13.5. The first-order valence-electron chi connectivity index (χ1n) is 9.06. The molecule has 10 heteroatoms. The molecule has 1 aliphatic rings. The summed E-state index contributed by atoms with van der Waals surface area (Å²) in [6, 6.07) is 0.113. The molecule has 0 amide bonds. The second-order valence-corrected chi connectivity index (χ2v) is 7.92. The molecule has 1 aromatic heterocycles. The minimum atomic E-state index is -1.60. The summed E-state index contributed by atoms with van der Waals surface area (Å²) in [5.74, 6) is -6.82. The predicted octanol–water partition coefficient (Wildman–Crippen LogP) is 5.56. The van der Waals surface area contributed by atoms with E-state index in [0.29, 0.717) is 17.0 Å². The van der Waals surface area contributed by atoms with Crippen LogP contribution in [0, 0.1) is 23.3 Å². The highest BCUT2D eigenvalue weighted by atomic mass is 32.1. The number of thiocarbonyl (C=S) groups is 1. The van der Waals surface area contributed by atoms with E-state index in [4.69, 9.17) is 17.0 Å². The first-order chi connectivity index (χ1) is 13.8. The molecule has 0 atom stereocenters. The highest BCUT2D eigenvalue weighted by Gasteiger charge is 2.27. The lowest BCUT2D eigenvalue weighted by Gasteiger charge is -2.13. The summed E-state index contributed by atoms with van der Waals surface area (Å²) in [6.45, 7) is 1.87. The van der Waals surface area contributed by atoms with Gasteiger partial charge >= 0.3 is 5.97 Å². The fourth-order valence-electron chi connectivity index (χ4n) is 3.18. The maximum atomic E-state index is 13.9. The molecule has 1 aromatic carbocycles. The standard InChI is InChI=1S/C19H18F4N2O2S2/c1-2-27-18(26)13-9-6-4-3-5-7-12(9)29-17(13)25-19(28)24-16-14(22)10(20)8-11(21)15(16)23/h8H,2-7H2,1H3,(H2,24,25,28). The lowest BCUT2D eigenvalue weighted by Crippen LogP contribution is -2.22. The van der Waals surface area contributed by atoms with Gasteiger partial charge in [-0.15, -0.1) is 11.3 Å². The van der Waals surface area contributed by atoms with Crippen molar-refractivity contribution < 1.29 is 27.1 Å². The fourth-order valence-corrected chi connectivity index (χ4v) is 4.73. The van der Waals surface area contributed by atoms with Gasteiger partial charge in [0.15, 0.2) is 28.4 Å². The molecular weight excluding hydrogens is 428 g/mol. The van der Waals surface area contributed by atoms with E-state index >= 15 is 0 Å². The lowest BCUT2D eigenvalue weighted by atomic mass is 10.1. The summed E-state index contributed by atoms with van der Waals surface area (Å²) in [7, 11) is 0. The van der Waals surface area contributed by atoms with Gasteiger partial charge in [-0.1, -0.05) is 6.42 Å². The highest BCUT2D eigenvalue weighted by molar-refractivity contribution is 7.80. The van der Waals surface area contributed by atoms with Crippen LogP contribution >= 0.6 is 23.6 Å². The number of anilines is 2. The van der Waals surface area contributed by atoms with Crippen LogP contribution in [0.5, 0.6) is 0 Å². The number of benzene rings is 1. The van der Waals surface area contributed by atoms with Gasteiger partial charge in [0.25, 0.3) is 0 Å². The lowest BCUT2D eigenvalue weighted by molar-refractivity contribution is 0.0527. The quantitative estimate of drug-likeness (QED) is 0.212. The number of carbonyl (C=O) groups excluding carboxylic acids is 1. The smallest absolute Gasteiger partial charge is 0.341 e. The molecule has 0 unspecified atom stereocenters. The summed E-state index contributed by atoms with van der Waals surface area (Å²) >= 11 is 6.36. The topological polar surface area (TPSA) is 50.4 Å². The van der Waals surface area contributed by atoms with Gasteiger partial charge in [-0.25, -0.2) is 22.4 Å². The van der Waals surface area contributed by atoms with Crippen molar-refractivity contribution >= 4 is 45.3 Å². The molecule has 0 aliphatic heterocycles. The molecule has 0 saturated carbocycles. The monoisotopic (exact) mass is 446 g/mol. The molecule has 1 aliphatic carbocycles. The average Bonchev–Trinajstić information content (AvgIpc) is 2.84. The SMILES string of the molecule is CCOC(=O)c1c(NC(=S)Nc2c(F)c(F)cc(F)c2F)sc2c1CCCCC2. The van der Waals surface area contributed by atoms with Gasteiger partial charge in [-0.05, 0) is 50.4 Å². The van der Waals surface area contributed by atoms with Crippen LogP contribution in [0.1, 0.15) is 47.0 Å². The van der Waals surface area contributed by atoms with Crippen LogP contribution in [0.3, 0.4) is 0 Å². The Labute approximate surface area is 174 Å². The van der Waals surface area contributed by atoms with Crippen molar-refractivity contribution in [1.29, 1.82) is 0 Å². The van der Waals surface area contributed by atoms with E-state index in [0.717, 1.165) is 36.1 Å². The molecule has 2 aromatic rings. The Morgan fingerprint density at radius 1 is 1.10 bits per heavy atom. The Morgan fingerprint density at radius 3 is 2.41 bits per heavy atom. The summed E-state index contributed by atoms with van der Waals surface area (Å²) in [5.41, 5.74) is 0.172. The molecule has 3 rings (SSSR count). The van der Waals surface area contributed by atoms with Crippen LogP contribution in [0.2, 0.25) is 0 Å². The van der Waals surface area contributed by atoms with Gasteiger partial charge in [-0.3, -0.25) is 0 Å². The molecular formula is C19H18F4N2O2S2. The average molecular weight is 446 g/mol. The number of halogens is 4. The first kappa shape index (κ1) is 21.5. The highest BCUT2D eigenvalue weighted by Crippen LogP contribution is 2.38. The Hall–Kier alpha value is -2.20. The van der Waals surface area contributed by atoms with Gasteiger partial charge < -0.3 is 15.4 Å². The zero-order valence-corrected chi connectivity index (χ0v) is 17.1. The minimum Gasteiger partial charge on any atom is -0.462 e. The third-order valence-electron chi connectivity index (χ3n) is 4.48. The zero-order chi connectivity index (χ0) is 21.1. The normalized spacial score (nSPS) is 13.4. The van der Waals surface area contributed by atoms with E-state index in [2.05, 4.69) is 10.6 Å². The van der Waals surface area contributed by atoms with E-state index in [-0.39, 0.29) is 17.8 Å². The van der Waals surface area contributed by atoms with Crippen molar-refractivity contribution in [2.24, 2.45) is 0 Å². The number of carbonyl (C=O) groups is 1. The molecule has 0 spiro atoms. The predicted molar refractivity (Wildman–Crippen MR) is 108 cm³/mol. The van der Waals surface area contributed by atoms with Crippen LogP contribution < -0.4 is 10.6 Å². The van der Waals surface area contributed by atoms with E-state index < -0.39 is 34.9 Å². The van der Waals surface area contributed by atoms with Gasteiger partial charge in [0.05, 0.1) is 12.2 Å². The van der Waals surface area contributed by atoms with Gasteiger partial charge in [0.2, 0.25) is 0 Å². The van der Waals surface area contributed by atoms with E-state index in [1.807, 2.05) is 0 Å². The third kappa shape index (κ3) is 4.53. The molecule has 0 radical (unpaired) electrons. The largest absolute Gasteiger partial charge is 0.462 e. The van der Waals surface area contributed by atoms with Gasteiger partial charge in [-0.2, -0.15) is 0 Å². The zero-order valence-electron chi connectivity index (χ0n) is 15.5. The molecule has 0 saturated heterocycles. The molecule has 2 N–H and O–H groups in total. The van der Waals surface area contributed by atoms with E-state index in [1.165, 1.54) is 11.3 Å². The third-order valence-corrected chi connectivity index (χ3v) is 5.89. The van der Waals surface area contributed by atoms with Crippen molar-refractivity contribution in [2.45, 2.75) is 39.0 Å². The number of hydrogen-bond acceptors (Lipinski definition) is 4. The number of nitrogens with one attached hydrogen (secondary N) is 2. The maximum Gasteiger partial charge on any atom is 0.341 e. The second-order valence-electron chi connectivity index (χ2n) is 6.41. The van der Waals surface area contributed by atoms with Crippen molar-refractivity contribution in [2.75, 3.05) is 17.2 Å². The number of ether oxygens (including phenoxy) is 1. The Balaban J connectivity index is 1.90. The van der Waals surface area contributed by atoms with Crippen molar-refractivity contribution in [1.82, 2.24) is 0 Å². The molecule has 156 valence electrons. The van der Waals surface area contributed by atoms with E-state index in [1.54, 1.807) is 6.92 Å².